The molecule has 0 amide bonds. The molecule has 0 bridgehead atoms. The van der Waals surface area contributed by atoms with E-state index in [1.54, 1.807) is 17.0 Å². The van der Waals surface area contributed by atoms with Gasteiger partial charge in [-0.3, -0.25) is 4.79 Å². The zero-order valence-electron chi connectivity index (χ0n) is 8.05. The maximum atomic E-state index is 10.6. The molecule has 0 spiro atoms. The van der Waals surface area contributed by atoms with E-state index >= 15 is 0 Å². The van der Waals surface area contributed by atoms with Crippen molar-refractivity contribution in [2.24, 2.45) is 0 Å². The van der Waals surface area contributed by atoms with Crippen molar-refractivity contribution in [2.75, 3.05) is 0 Å². The van der Waals surface area contributed by atoms with Crippen LogP contribution in [0.25, 0.3) is 5.70 Å². The van der Waals surface area contributed by atoms with Gasteiger partial charge in [0, 0.05) is 18.0 Å². The van der Waals surface area contributed by atoms with Crippen LogP contribution < -0.4 is 0 Å². The number of allylic oxidation sites excluding steroid dienone is 5. The van der Waals surface area contributed by atoms with Crippen molar-refractivity contribution in [3.8, 4) is 0 Å². The molecule has 1 rings (SSSR count). The Morgan fingerprint density at radius 2 is 2.36 bits per heavy atom. The molecule has 0 saturated heterocycles. The van der Waals surface area contributed by atoms with E-state index in [2.05, 4.69) is 11.7 Å². The second-order valence-electron chi connectivity index (χ2n) is 2.63. The van der Waals surface area contributed by atoms with Crippen molar-refractivity contribution < 1.29 is 4.79 Å². The molecule has 3 heteroatoms. The molecular formula is C11H12N2O. The smallest absolute Gasteiger partial charge is 0.150 e. The van der Waals surface area contributed by atoms with Gasteiger partial charge in [0.2, 0.25) is 0 Å². The second-order valence-corrected chi connectivity index (χ2v) is 2.63. The van der Waals surface area contributed by atoms with E-state index in [1.165, 1.54) is 6.08 Å². The van der Waals surface area contributed by atoms with Crippen LogP contribution in [0.2, 0.25) is 0 Å². The van der Waals surface area contributed by atoms with Crippen LogP contribution in [0.3, 0.4) is 0 Å². The fraction of sp³-hybridized carbons (Fsp3) is 0.0909. The van der Waals surface area contributed by atoms with Gasteiger partial charge in [-0.2, -0.15) is 5.10 Å². The molecule has 0 aliphatic carbocycles. The number of aldehydes is 1. The van der Waals surface area contributed by atoms with Crippen molar-refractivity contribution in [3.63, 3.8) is 0 Å². The second kappa shape index (κ2) is 4.97. The van der Waals surface area contributed by atoms with Gasteiger partial charge in [0.15, 0.2) is 0 Å². The number of carbonyl (C=O) groups is 1. The van der Waals surface area contributed by atoms with Gasteiger partial charge in [0.25, 0.3) is 0 Å². The van der Waals surface area contributed by atoms with Gasteiger partial charge in [0.1, 0.15) is 6.29 Å². The van der Waals surface area contributed by atoms with Crippen LogP contribution in [0, 0.1) is 0 Å². The topological polar surface area (TPSA) is 34.9 Å². The molecule has 0 unspecified atom stereocenters. The molecular weight excluding hydrogens is 176 g/mol. The minimum Gasteiger partial charge on any atom is -0.298 e. The summed E-state index contributed by atoms with van der Waals surface area (Å²) in [4.78, 5) is 10.6. The molecule has 0 aliphatic rings. The van der Waals surface area contributed by atoms with Crippen LogP contribution in [0.1, 0.15) is 6.92 Å². The standard InChI is InChI=1S/C11H12N2O/c1-3-10(9-14)8-11(4-2)13-7-5-6-12-13/h3-9H,1H2,2H3/b10-8+,11-4+. The van der Waals surface area contributed by atoms with E-state index in [0.717, 1.165) is 12.0 Å². The summed E-state index contributed by atoms with van der Waals surface area (Å²) in [5.74, 6) is 0. The maximum Gasteiger partial charge on any atom is 0.150 e. The summed E-state index contributed by atoms with van der Waals surface area (Å²) in [6.45, 7) is 5.43. The molecule has 1 aromatic rings. The fourth-order valence-electron chi connectivity index (χ4n) is 1.02. The van der Waals surface area contributed by atoms with Crippen molar-refractivity contribution in [1.29, 1.82) is 0 Å². The van der Waals surface area contributed by atoms with Crippen LogP contribution >= 0.6 is 0 Å². The summed E-state index contributed by atoms with van der Waals surface area (Å²) < 4.78 is 1.69. The quantitative estimate of drug-likeness (QED) is 0.412. The molecule has 0 atom stereocenters. The Labute approximate surface area is 83.1 Å². The molecule has 0 radical (unpaired) electrons. The Morgan fingerprint density at radius 1 is 1.57 bits per heavy atom. The van der Waals surface area contributed by atoms with Crippen LogP contribution in [0.4, 0.5) is 0 Å². The first kappa shape index (κ1) is 10.2. The zero-order chi connectivity index (χ0) is 10.4. The first-order chi connectivity index (χ1) is 6.81. The maximum absolute atomic E-state index is 10.6. The minimum atomic E-state index is 0.536. The van der Waals surface area contributed by atoms with Gasteiger partial charge in [0.05, 0.1) is 5.70 Å². The number of aromatic nitrogens is 2. The summed E-state index contributed by atoms with van der Waals surface area (Å²) in [5.41, 5.74) is 1.38. The Balaban J connectivity index is 3.01. The molecule has 0 aromatic carbocycles. The molecule has 3 nitrogen and oxygen atoms in total. The van der Waals surface area contributed by atoms with Crippen LogP contribution in [0.5, 0.6) is 0 Å². The SMILES string of the molecule is C=C/C(C=O)=C\C(=C/C)n1cccn1. The lowest BCUT2D eigenvalue weighted by atomic mass is 10.2. The molecule has 0 N–H and O–H groups in total. The Bertz CT molecular complexity index is 362. The molecule has 14 heavy (non-hydrogen) atoms. The summed E-state index contributed by atoms with van der Waals surface area (Å²) in [6, 6.07) is 1.83. The Morgan fingerprint density at radius 3 is 2.79 bits per heavy atom. The van der Waals surface area contributed by atoms with Gasteiger partial charge in [-0.25, -0.2) is 4.68 Å². The van der Waals surface area contributed by atoms with Crippen molar-refractivity contribution in [2.45, 2.75) is 6.92 Å². The highest BCUT2D eigenvalue weighted by atomic mass is 16.1. The normalized spacial score (nSPS) is 12.6. The number of carbonyl (C=O) groups excluding carboxylic acids is 1. The lowest BCUT2D eigenvalue weighted by Crippen LogP contribution is -1.95. The predicted octanol–water partition coefficient (Wildman–Crippen LogP) is 2.06. The van der Waals surface area contributed by atoms with Crippen LogP contribution in [-0.2, 0) is 4.79 Å². The molecule has 72 valence electrons. The average Bonchev–Trinajstić information content (AvgIpc) is 2.73. The lowest BCUT2D eigenvalue weighted by Gasteiger charge is -2.01. The van der Waals surface area contributed by atoms with Gasteiger partial charge in [-0.15, -0.1) is 0 Å². The third-order valence-corrected chi connectivity index (χ3v) is 1.75. The van der Waals surface area contributed by atoms with Gasteiger partial charge in [-0.1, -0.05) is 18.7 Å². The van der Waals surface area contributed by atoms with E-state index < -0.39 is 0 Å². The van der Waals surface area contributed by atoms with E-state index in [-0.39, 0.29) is 0 Å². The van der Waals surface area contributed by atoms with E-state index in [4.69, 9.17) is 0 Å². The molecule has 1 aromatic heterocycles. The fourth-order valence-corrected chi connectivity index (χ4v) is 1.02. The minimum absolute atomic E-state index is 0.536. The van der Waals surface area contributed by atoms with Crippen LogP contribution in [-0.4, -0.2) is 16.1 Å². The third kappa shape index (κ3) is 2.29. The van der Waals surface area contributed by atoms with Crippen LogP contribution in [0.15, 0.2) is 48.8 Å². The van der Waals surface area contributed by atoms with Gasteiger partial charge < -0.3 is 0 Å². The number of rotatable bonds is 4. The number of hydrogen-bond acceptors (Lipinski definition) is 2. The average molecular weight is 188 g/mol. The monoisotopic (exact) mass is 188 g/mol. The van der Waals surface area contributed by atoms with Crippen molar-refractivity contribution >= 4 is 12.0 Å². The first-order valence-electron chi connectivity index (χ1n) is 4.27. The zero-order valence-corrected chi connectivity index (χ0v) is 8.05. The third-order valence-electron chi connectivity index (χ3n) is 1.75. The molecule has 1 heterocycles. The van der Waals surface area contributed by atoms with E-state index in [1.807, 2.05) is 25.3 Å². The lowest BCUT2D eigenvalue weighted by molar-refractivity contribution is -0.104. The summed E-state index contributed by atoms with van der Waals surface area (Å²) in [6.07, 6.45) is 9.39. The highest BCUT2D eigenvalue weighted by Crippen LogP contribution is 2.07. The molecule has 0 saturated carbocycles. The van der Waals surface area contributed by atoms with E-state index in [9.17, 15) is 4.79 Å². The summed E-state index contributed by atoms with van der Waals surface area (Å²) >= 11 is 0. The van der Waals surface area contributed by atoms with Crippen molar-refractivity contribution in [3.05, 3.63) is 48.8 Å². The Kier molecular flexibility index (Phi) is 3.61. The van der Waals surface area contributed by atoms with Gasteiger partial charge in [-0.05, 0) is 19.1 Å². The Hall–Kier alpha value is -1.90. The predicted molar refractivity (Wildman–Crippen MR) is 56.5 cm³/mol. The number of hydrogen-bond donors (Lipinski definition) is 0. The van der Waals surface area contributed by atoms with E-state index in [0.29, 0.717) is 5.57 Å². The molecule has 0 fully saturated rings. The first-order valence-corrected chi connectivity index (χ1v) is 4.27. The molecule has 0 aliphatic heterocycles. The van der Waals surface area contributed by atoms with Gasteiger partial charge >= 0.3 is 0 Å². The largest absolute Gasteiger partial charge is 0.298 e. The summed E-state index contributed by atoms with van der Waals surface area (Å²) in [7, 11) is 0. The highest BCUT2D eigenvalue weighted by molar-refractivity contribution is 5.81. The highest BCUT2D eigenvalue weighted by Gasteiger charge is 1.96. The number of nitrogens with zero attached hydrogens (tertiary/aromatic N) is 2. The van der Waals surface area contributed by atoms with Crippen molar-refractivity contribution in [1.82, 2.24) is 9.78 Å². The summed E-state index contributed by atoms with van der Waals surface area (Å²) in [5, 5.41) is 4.06.